The molecule has 3 nitrogen and oxygen atoms in total. The van der Waals surface area contributed by atoms with E-state index in [0.717, 1.165) is 0 Å². The summed E-state index contributed by atoms with van der Waals surface area (Å²) in [6, 6.07) is 3.03. The Kier molecular flexibility index (Phi) is 3.86. The maximum absolute atomic E-state index is 11.4. The second kappa shape index (κ2) is 4.94. The number of hydrogen-bond donors (Lipinski definition) is 0. The van der Waals surface area contributed by atoms with Crippen LogP contribution in [0.15, 0.2) is 12.1 Å². The van der Waals surface area contributed by atoms with Crippen LogP contribution in [0.4, 0.5) is 0 Å². The molecule has 1 rings (SSSR count). The number of halogens is 1. The summed E-state index contributed by atoms with van der Waals surface area (Å²) in [5.74, 6) is -0.422. The molecule has 0 aliphatic heterocycles. The van der Waals surface area contributed by atoms with E-state index in [1.807, 2.05) is 0 Å². The maximum atomic E-state index is 11.4. The molecule has 0 saturated carbocycles. The van der Waals surface area contributed by atoms with Crippen LogP contribution < -0.4 is 0 Å². The van der Waals surface area contributed by atoms with Gasteiger partial charge >= 0.3 is 5.97 Å². The normalized spacial score (nSPS) is 9.80. The van der Waals surface area contributed by atoms with Gasteiger partial charge in [0.25, 0.3) is 0 Å². The minimum Gasteiger partial charge on any atom is -0.462 e. The second-order valence-electron chi connectivity index (χ2n) is 3.03. The fraction of sp³-hybridized carbons (Fsp3) is 0.273. The predicted molar refractivity (Wildman–Crippen MR) is 57.5 cm³/mol. The first-order valence-electron chi connectivity index (χ1n) is 4.52. The van der Waals surface area contributed by atoms with E-state index in [4.69, 9.17) is 16.3 Å². The molecule has 1 aromatic rings. The van der Waals surface area contributed by atoms with Crippen LogP contribution in [0.1, 0.15) is 33.2 Å². The molecule has 0 spiro atoms. The third kappa shape index (κ3) is 2.57. The van der Waals surface area contributed by atoms with Crippen molar-refractivity contribution in [3.8, 4) is 0 Å². The van der Waals surface area contributed by atoms with E-state index >= 15 is 0 Å². The molecule has 80 valence electrons. The third-order valence-corrected chi connectivity index (χ3v) is 2.29. The van der Waals surface area contributed by atoms with Crippen molar-refractivity contribution in [2.24, 2.45) is 0 Å². The molecule has 0 atom stereocenters. The van der Waals surface area contributed by atoms with Crippen molar-refractivity contribution in [3.05, 3.63) is 33.8 Å². The average molecular weight is 227 g/mol. The van der Waals surface area contributed by atoms with Crippen LogP contribution in [0.25, 0.3) is 0 Å². The monoisotopic (exact) mass is 226 g/mol. The smallest absolute Gasteiger partial charge is 0.338 e. The van der Waals surface area contributed by atoms with Crippen LogP contribution in [0.3, 0.4) is 0 Å². The molecule has 15 heavy (non-hydrogen) atoms. The van der Waals surface area contributed by atoms with Gasteiger partial charge in [0.2, 0.25) is 0 Å². The lowest BCUT2D eigenvalue weighted by Crippen LogP contribution is -2.07. The van der Waals surface area contributed by atoms with Gasteiger partial charge in [-0.1, -0.05) is 11.6 Å². The largest absolute Gasteiger partial charge is 0.462 e. The highest BCUT2D eigenvalue weighted by Crippen LogP contribution is 2.20. The van der Waals surface area contributed by atoms with Crippen molar-refractivity contribution in [1.82, 2.24) is 0 Å². The SMILES string of the molecule is CCOC(=O)c1cc(Cl)c(C=O)cc1C. The summed E-state index contributed by atoms with van der Waals surface area (Å²) >= 11 is 5.81. The van der Waals surface area contributed by atoms with Crippen molar-refractivity contribution < 1.29 is 14.3 Å². The Hall–Kier alpha value is -1.35. The number of benzene rings is 1. The first kappa shape index (κ1) is 11.7. The average Bonchev–Trinajstić information content (AvgIpc) is 2.21. The van der Waals surface area contributed by atoms with Gasteiger partial charge in [0.05, 0.1) is 17.2 Å². The summed E-state index contributed by atoms with van der Waals surface area (Å²) in [6.07, 6.45) is 0.657. The van der Waals surface area contributed by atoms with E-state index in [9.17, 15) is 9.59 Å². The van der Waals surface area contributed by atoms with Gasteiger partial charge in [-0.25, -0.2) is 4.79 Å². The molecule has 0 bridgehead atoms. The van der Waals surface area contributed by atoms with Crippen LogP contribution in [-0.4, -0.2) is 18.9 Å². The van der Waals surface area contributed by atoms with E-state index < -0.39 is 5.97 Å². The first-order valence-corrected chi connectivity index (χ1v) is 4.90. The summed E-state index contributed by atoms with van der Waals surface area (Å²) < 4.78 is 4.85. The number of carbonyl (C=O) groups is 2. The molecular formula is C11H11ClO3. The Morgan fingerprint density at radius 3 is 2.73 bits per heavy atom. The standard InChI is InChI=1S/C11H11ClO3/c1-3-15-11(14)9-5-10(12)8(6-13)4-7(9)2/h4-6H,3H2,1-2H3. The molecule has 0 N–H and O–H groups in total. The molecule has 0 fully saturated rings. The highest BCUT2D eigenvalue weighted by molar-refractivity contribution is 6.33. The van der Waals surface area contributed by atoms with E-state index in [1.54, 1.807) is 19.9 Å². The van der Waals surface area contributed by atoms with Gasteiger partial charge in [-0.15, -0.1) is 0 Å². The van der Waals surface area contributed by atoms with Gasteiger partial charge < -0.3 is 4.74 Å². The number of esters is 1. The van der Waals surface area contributed by atoms with Crippen LogP contribution >= 0.6 is 11.6 Å². The number of hydrogen-bond acceptors (Lipinski definition) is 3. The number of carbonyl (C=O) groups excluding carboxylic acids is 2. The van der Waals surface area contributed by atoms with E-state index in [0.29, 0.717) is 29.6 Å². The number of aryl methyl sites for hydroxylation is 1. The van der Waals surface area contributed by atoms with E-state index in [2.05, 4.69) is 0 Å². The van der Waals surface area contributed by atoms with Gasteiger partial charge in [-0.3, -0.25) is 4.79 Å². The Labute approximate surface area is 93.0 Å². The summed E-state index contributed by atoms with van der Waals surface area (Å²) in [4.78, 5) is 22.0. The minimum atomic E-state index is -0.422. The van der Waals surface area contributed by atoms with Gasteiger partial charge in [0.1, 0.15) is 0 Å². The summed E-state index contributed by atoms with van der Waals surface area (Å²) in [7, 11) is 0. The van der Waals surface area contributed by atoms with Crippen molar-refractivity contribution >= 4 is 23.9 Å². The lowest BCUT2D eigenvalue weighted by molar-refractivity contribution is 0.0525. The van der Waals surface area contributed by atoms with Crippen LogP contribution in [0, 0.1) is 6.92 Å². The summed E-state index contributed by atoms with van der Waals surface area (Å²) in [5, 5.41) is 0.263. The zero-order valence-corrected chi connectivity index (χ0v) is 9.30. The van der Waals surface area contributed by atoms with Crippen LogP contribution in [0.2, 0.25) is 5.02 Å². The van der Waals surface area contributed by atoms with Gasteiger partial charge in [-0.05, 0) is 31.5 Å². The van der Waals surface area contributed by atoms with Crippen LogP contribution in [0.5, 0.6) is 0 Å². The molecule has 0 aliphatic carbocycles. The highest BCUT2D eigenvalue weighted by atomic mass is 35.5. The molecule has 0 aliphatic rings. The van der Waals surface area contributed by atoms with E-state index in [1.165, 1.54) is 6.07 Å². The topological polar surface area (TPSA) is 43.4 Å². The molecular weight excluding hydrogens is 216 g/mol. The molecule has 0 radical (unpaired) electrons. The first-order chi connectivity index (χ1) is 7.10. The fourth-order valence-electron chi connectivity index (χ4n) is 1.22. The summed E-state index contributed by atoms with van der Waals surface area (Å²) in [5.41, 5.74) is 1.45. The number of rotatable bonds is 3. The van der Waals surface area contributed by atoms with Crippen LogP contribution in [-0.2, 0) is 4.74 Å². The Morgan fingerprint density at radius 2 is 2.20 bits per heavy atom. The predicted octanol–water partition coefficient (Wildman–Crippen LogP) is 2.64. The van der Waals surface area contributed by atoms with Crippen molar-refractivity contribution in [3.63, 3.8) is 0 Å². The van der Waals surface area contributed by atoms with Crippen molar-refractivity contribution in [1.29, 1.82) is 0 Å². The third-order valence-electron chi connectivity index (χ3n) is 1.97. The fourth-order valence-corrected chi connectivity index (χ4v) is 1.43. The Bertz CT molecular complexity index is 399. The molecule has 0 heterocycles. The maximum Gasteiger partial charge on any atom is 0.338 e. The van der Waals surface area contributed by atoms with Gasteiger partial charge in [-0.2, -0.15) is 0 Å². The molecule has 4 heteroatoms. The Morgan fingerprint density at radius 1 is 1.53 bits per heavy atom. The zero-order chi connectivity index (χ0) is 11.4. The number of aldehydes is 1. The van der Waals surface area contributed by atoms with Crippen molar-refractivity contribution in [2.75, 3.05) is 6.61 Å². The highest BCUT2D eigenvalue weighted by Gasteiger charge is 2.12. The van der Waals surface area contributed by atoms with Crippen molar-refractivity contribution in [2.45, 2.75) is 13.8 Å². The molecule has 0 aromatic heterocycles. The molecule has 0 amide bonds. The lowest BCUT2D eigenvalue weighted by atomic mass is 10.1. The van der Waals surface area contributed by atoms with Gasteiger partial charge in [0, 0.05) is 5.56 Å². The van der Waals surface area contributed by atoms with E-state index in [-0.39, 0.29) is 5.02 Å². The summed E-state index contributed by atoms with van der Waals surface area (Å²) in [6.45, 7) is 3.77. The van der Waals surface area contributed by atoms with Gasteiger partial charge in [0.15, 0.2) is 6.29 Å². The molecule has 1 aromatic carbocycles. The minimum absolute atomic E-state index is 0.263. The lowest BCUT2D eigenvalue weighted by Gasteiger charge is -2.07. The Balaban J connectivity index is 3.15. The molecule has 0 unspecified atom stereocenters. The number of ether oxygens (including phenoxy) is 1. The quantitative estimate of drug-likeness (QED) is 0.588. The zero-order valence-electron chi connectivity index (χ0n) is 8.54. The molecule has 0 saturated heterocycles. The second-order valence-corrected chi connectivity index (χ2v) is 3.43.